The fourth-order valence-corrected chi connectivity index (χ4v) is 2.87. The molecule has 1 atom stereocenters. The van der Waals surface area contributed by atoms with Crippen molar-refractivity contribution in [3.05, 3.63) is 66.5 Å². The average Bonchev–Trinajstić information content (AvgIpc) is 3.18. The van der Waals surface area contributed by atoms with Crippen molar-refractivity contribution in [2.24, 2.45) is 0 Å². The molecule has 1 fully saturated rings. The summed E-state index contributed by atoms with van der Waals surface area (Å²) in [5.74, 6) is -0.854. The van der Waals surface area contributed by atoms with Gasteiger partial charge in [0, 0.05) is 24.9 Å². The smallest absolute Gasteiger partial charge is 0.328 e. The van der Waals surface area contributed by atoms with E-state index in [0.29, 0.717) is 13.0 Å². The predicted molar refractivity (Wildman–Crippen MR) is 96.1 cm³/mol. The quantitative estimate of drug-likeness (QED) is 0.567. The molecule has 2 N–H and O–H groups in total. The number of non-ortho nitro benzene ring substituents is 1. The van der Waals surface area contributed by atoms with E-state index >= 15 is 0 Å². The normalized spacial score (nSPS) is 15.8. The van der Waals surface area contributed by atoms with Gasteiger partial charge in [-0.15, -0.1) is 0 Å². The summed E-state index contributed by atoms with van der Waals surface area (Å²) in [4.78, 5) is 49.5. The van der Waals surface area contributed by atoms with Gasteiger partial charge in [-0.25, -0.2) is 4.79 Å². The van der Waals surface area contributed by atoms with Gasteiger partial charge in [-0.3, -0.25) is 24.3 Å². The molecule has 0 radical (unpaired) electrons. The van der Waals surface area contributed by atoms with E-state index in [1.165, 1.54) is 6.07 Å². The number of anilines is 1. The van der Waals surface area contributed by atoms with Crippen LogP contribution in [0.3, 0.4) is 0 Å². The molecule has 2 aromatic rings. The first-order chi connectivity index (χ1) is 13.4. The number of rotatable bonds is 5. The van der Waals surface area contributed by atoms with Crippen LogP contribution in [-0.2, 0) is 11.3 Å². The minimum absolute atomic E-state index is 0.00868. The molecule has 1 aliphatic rings. The van der Waals surface area contributed by atoms with Crippen LogP contribution in [0.1, 0.15) is 28.8 Å². The van der Waals surface area contributed by atoms with Crippen LogP contribution in [-0.4, -0.2) is 33.1 Å². The van der Waals surface area contributed by atoms with Crippen molar-refractivity contribution in [1.82, 2.24) is 9.55 Å². The van der Waals surface area contributed by atoms with Crippen LogP contribution in [0, 0.1) is 21.4 Å². The number of hydrogen-bond donors (Lipinski definition) is 2. The second-order valence-corrected chi connectivity index (χ2v) is 6.11. The van der Waals surface area contributed by atoms with E-state index in [1.54, 1.807) is 6.07 Å². The maximum atomic E-state index is 12.6. The number of benzene rings is 1. The van der Waals surface area contributed by atoms with Crippen LogP contribution in [0.2, 0.25) is 0 Å². The van der Waals surface area contributed by atoms with Gasteiger partial charge in [0.05, 0.1) is 28.8 Å². The molecule has 11 nitrogen and oxygen atoms in total. The monoisotopic (exact) mass is 385 g/mol. The maximum Gasteiger partial charge on any atom is 0.328 e. The third kappa shape index (κ3) is 3.81. The van der Waals surface area contributed by atoms with E-state index in [2.05, 4.69) is 10.3 Å². The van der Waals surface area contributed by atoms with Crippen molar-refractivity contribution >= 4 is 17.3 Å². The molecular weight excluding hydrogens is 370 g/mol. The van der Waals surface area contributed by atoms with Crippen molar-refractivity contribution in [2.45, 2.75) is 25.5 Å². The van der Waals surface area contributed by atoms with Crippen LogP contribution in [0.15, 0.2) is 34.0 Å². The minimum atomic E-state index is -0.854. The molecule has 0 aliphatic carbocycles. The molecule has 0 bridgehead atoms. The van der Waals surface area contributed by atoms with E-state index < -0.39 is 22.1 Å². The molecule has 144 valence electrons. The summed E-state index contributed by atoms with van der Waals surface area (Å²) in [5.41, 5.74) is -2.22. The average molecular weight is 385 g/mol. The molecule has 1 amide bonds. The Morgan fingerprint density at radius 1 is 1.46 bits per heavy atom. The van der Waals surface area contributed by atoms with E-state index in [-0.39, 0.29) is 35.2 Å². The fourth-order valence-electron chi connectivity index (χ4n) is 2.87. The van der Waals surface area contributed by atoms with Crippen molar-refractivity contribution in [1.29, 1.82) is 5.26 Å². The third-order valence-electron chi connectivity index (χ3n) is 4.30. The second kappa shape index (κ2) is 7.85. The lowest BCUT2D eigenvalue weighted by molar-refractivity contribution is -0.384. The number of hydrogen-bond acceptors (Lipinski definition) is 7. The van der Waals surface area contributed by atoms with Gasteiger partial charge in [0.2, 0.25) is 0 Å². The second-order valence-electron chi connectivity index (χ2n) is 6.11. The number of H-pyrrole nitrogens is 1. The van der Waals surface area contributed by atoms with Gasteiger partial charge in [0.15, 0.2) is 0 Å². The van der Waals surface area contributed by atoms with Crippen LogP contribution >= 0.6 is 0 Å². The summed E-state index contributed by atoms with van der Waals surface area (Å²) in [6, 6.07) is 5.09. The van der Waals surface area contributed by atoms with Crippen LogP contribution in [0.25, 0.3) is 0 Å². The number of carbonyl (C=O) groups excluding carboxylic acids is 1. The van der Waals surface area contributed by atoms with Gasteiger partial charge < -0.3 is 15.0 Å². The molecule has 1 aromatic carbocycles. The number of nitrogens with zero attached hydrogens (tertiary/aromatic N) is 3. The highest BCUT2D eigenvalue weighted by Gasteiger charge is 2.21. The van der Waals surface area contributed by atoms with E-state index in [4.69, 9.17) is 10.00 Å². The summed E-state index contributed by atoms with van der Waals surface area (Å²) in [5, 5.41) is 22.3. The molecule has 11 heteroatoms. The lowest BCUT2D eigenvalue weighted by Crippen LogP contribution is -2.41. The summed E-state index contributed by atoms with van der Waals surface area (Å²) in [6.07, 6.45) is 2.24. The van der Waals surface area contributed by atoms with Gasteiger partial charge in [0.1, 0.15) is 11.6 Å². The molecule has 2 heterocycles. The summed E-state index contributed by atoms with van der Waals surface area (Å²) < 4.78 is 6.31. The first kappa shape index (κ1) is 19.0. The zero-order valence-electron chi connectivity index (χ0n) is 14.5. The molecule has 1 aromatic heterocycles. The number of aromatic amines is 1. The molecule has 28 heavy (non-hydrogen) atoms. The van der Waals surface area contributed by atoms with Gasteiger partial charge >= 0.3 is 5.69 Å². The number of amides is 1. The van der Waals surface area contributed by atoms with Gasteiger partial charge in [0.25, 0.3) is 17.2 Å². The minimum Gasteiger partial charge on any atom is -0.376 e. The maximum absolute atomic E-state index is 12.6. The van der Waals surface area contributed by atoms with Gasteiger partial charge in [-0.2, -0.15) is 5.26 Å². The Hall–Kier alpha value is -3.78. The number of nitro groups is 1. The first-order valence-corrected chi connectivity index (χ1v) is 8.34. The Balaban J connectivity index is 1.89. The number of ether oxygens (including phenoxy) is 1. The number of nitrogens with one attached hydrogen (secondary N) is 2. The third-order valence-corrected chi connectivity index (χ3v) is 4.30. The Labute approximate surface area is 157 Å². The lowest BCUT2D eigenvalue weighted by atomic mass is 10.1. The Morgan fingerprint density at radius 2 is 2.25 bits per heavy atom. The highest BCUT2D eigenvalue weighted by molar-refractivity contribution is 6.04. The molecule has 3 rings (SSSR count). The zero-order valence-corrected chi connectivity index (χ0v) is 14.5. The van der Waals surface area contributed by atoms with Crippen molar-refractivity contribution < 1.29 is 14.5 Å². The summed E-state index contributed by atoms with van der Waals surface area (Å²) in [6.45, 7) is 0.574. The van der Waals surface area contributed by atoms with Crippen LogP contribution in [0.5, 0.6) is 0 Å². The molecule has 0 saturated carbocycles. The molecule has 1 saturated heterocycles. The topological polar surface area (TPSA) is 160 Å². The highest BCUT2D eigenvalue weighted by Crippen LogP contribution is 2.21. The van der Waals surface area contributed by atoms with Crippen molar-refractivity contribution in [2.75, 3.05) is 11.9 Å². The van der Waals surface area contributed by atoms with E-state index in [1.807, 2.05) is 0 Å². The number of aromatic nitrogens is 2. The zero-order chi connectivity index (χ0) is 20.3. The van der Waals surface area contributed by atoms with Gasteiger partial charge in [-0.05, 0) is 18.9 Å². The van der Waals surface area contributed by atoms with Crippen LogP contribution < -0.4 is 16.6 Å². The summed E-state index contributed by atoms with van der Waals surface area (Å²) in [7, 11) is 0. The number of carbonyl (C=O) groups is 1. The molecular formula is C17H15N5O6. The van der Waals surface area contributed by atoms with Crippen molar-refractivity contribution in [3.8, 4) is 6.07 Å². The van der Waals surface area contributed by atoms with E-state index in [0.717, 1.165) is 29.3 Å². The van der Waals surface area contributed by atoms with Crippen LogP contribution in [0.4, 0.5) is 11.4 Å². The molecule has 1 aliphatic heterocycles. The van der Waals surface area contributed by atoms with Gasteiger partial charge in [-0.1, -0.05) is 0 Å². The molecule has 0 spiro atoms. The largest absolute Gasteiger partial charge is 0.376 e. The first-order valence-electron chi connectivity index (χ1n) is 8.34. The Morgan fingerprint density at radius 3 is 2.89 bits per heavy atom. The van der Waals surface area contributed by atoms with Crippen molar-refractivity contribution in [3.63, 3.8) is 0 Å². The van der Waals surface area contributed by atoms with E-state index in [9.17, 15) is 24.5 Å². The number of nitriles is 1. The Bertz CT molecular complexity index is 1090. The predicted octanol–water partition coefficient (Wildman–Crippen LogP) is 0.748. The standard InChI is InChI=1S/C17H15N5O6/c18-7-10-6-11(22(26)27)3-4-14(10)20-15(23)13-8-19-17(25)21(16(13)24)9-12-2-1-5-28-12/h3-4,6,8,12H,1-2,5,9H2,(H,19,25)(H,20,23). The molecule has 1 unspecified atom stereocenters. The fraction of sp³-hybridized carbons (Fsp3) is 0.294. The number of nitro benzene ring substituents is 1. The SMILES string of the molecule is N#Cc1cc([N+](=O)[O-])ccc1NC(=O)c1c[nH]c(=O)n(CC2CCCO2)c1=O. The summed E-state index contributed by atoms with van der Waals surface area (Å²) >= 11 is 0. The lowest BCUT2D eigenvalue weighted by Gasteiger charge is -2.12. The Kier molecular flexibility index (Phi) is 5.32. The highest BCUT2D eigenvalue weighted by atomic mass is 16.6.